The van der Waals surface area contributed by atoms with E-state index < -0.39 is 6.29 Å². The summed E-state index contributed by atoms with van der Waals surface area (Å²) in [6, 6.07) is 5.47. The van der Waals surface area contributed by atoms with Gasteiger partial charge in [0.15, 0.2) is 12.1 Å². The van der Waals surface area contributed by atoms with E-state index in [1.165, 1.54) is 0 Å². The van der Waals surface area contributed by atoms with Crippen LogP contribution in [0.25, 0.3) is 11.3 Å². The van der Waals surface area contributed by atoms with Crippen molar-refractivity contribution in [2.45, 2.75) is 51.0 Å². The van der Waals surface area contributed by atoms with Crippen LogP contribution < -0.4 is 10.6 Å². The molecular formula is C20H24Cl2N4O2. The maximum Gasteiger partial charge on any atom is 0.158 e. The topological polar surface area (TPSA) is 84.5 Å². The Morgan fingerprint density at radius 2 is 1.93 bits per heavy atom. The van der Waals surface area contributed by atoms with Crippen LogP contribution in [0.4, 0.5) is 5.82 Å². The van der Waals surface area contributed by atoms with E-state index in [1.54, 1.807) is 6.07 Å². The third-order valence-corrected chi connectivity index (χ3v) is 6.35. The maximum absolute atomic E-state index is 9.63. The van der Waals surface area contributed by atoms with Gasteiger partial charge in [-0.2, -0.15) is 0 Å². The summed E-state index contributed by atoms with van der Waals surface area (Å²) >= 11 is 12.6. The number of aliphatic hydroxyl groups excluding tert-OH is 1. The lowest BCUT2D eigenvalue weighted by atomic mass is 9.91. The van der Waals surface area contributed by atoms with Crippen LogP contribution in [-0.4, -0.2) is 40.0 Å². The Morgan fingerprint density at radius 1 is 1.25 bits per heavy atom. The summed E-state index contributed by atoms with van der Waals surface area (Å²) in [5, 5.41) is 10.6. The highest BCUT2D eigenvalue weighted by Gasteiger charge is 2.36. The number of hydrogen-bond donors (Lipinski definition) is 2. The van der Waals surface area contributed by atoms with E-state index in [4.69, 9.17) is 43.6 Å². The number of aromatic nitrogens is 2. The highest BCUT2D eigenvalue weighted by Crippen LogP contribution is 2.41. The summed E-state index contributed by atoms with van der Waals surface area (Å²) in [5.41, 5.74) is 9.03. The molecule has 3 N–H and O–H groups in total. The third kappa shape index (κ3) is 3.72. The van der Waals surface area contributed by atoms with Crippen LogP contribution in [0.5, 0.6) is 0 Å². The number of hydrogen-bond acceptors (Lipinski definition) is 6. The monoisotopic (exact) mass is 422 g/mol. The molecule has 2 aliphatic heterocycles. The Labute approximate surface area is 174 Å². The number of nitrogens with zero attached hydrogens (tertiary/aromatic N) is 3. The predicted molar refractivity (Wildman–Crippen MR) is 111 cm³/mol. The number of nitrogens with two attached hydrogens (primary N) is 1. The van der Waals surface area contributed by atoms with Crippen LogP contribution in [0, 0.1) is 6.92 Å². The van der Waals surface area contributed by atoms with Gasteiger partial charge in [-0.1, -0.05) is 35.3 Å². The first-order chi connectivity index (χ1) is 13.2. The Kier molecular flexibility index (Phi) is 5.27. The number of halogens is 2. The lowest BCUT2D eigenvalue weighted by molar-refractivity contribution is -0.236. The van der Waals surface area contributed by atoms with Gasteiger partial charge in [0, 0.05) is 30.6 Å². The Balaban J connectivity index is 1.77. The minimum Gasteiger partial charge on any atom is -0.368 e. The average molecular weight is 423 g/mol. The molecular weight excluding hydrogens is 399 g/mol. The van der Waals surface area contributed by atoms with Crippen molar-refractivity contribution in [2.24, 2.45) is 5.73 Å². The minimum atomic E-state index is -0.757. The highest BCUT2D eigenvalue weighted by atomic mass is 35.5. The van der Waals surface area contributed by atoms with E-state index in [9.17, 15) is 5.11 Å². The van der Waals surface area contributed by atoms with E-state index >= 15 is 0 Å². The van der Waals surface area contributed by atoms with Gasteiger partial charge in [-0.25, -0.2) is 9.97 Å². The number of aliphatic hydroxyl groups is 1. The number of rotatable bonds is 3. The lowest BCUT2D eigenvalue weighted by Crippen LogP contribution is -2.49. The van der Waals surface area contributed by atoms with Gasteiger partial charge in [-0.3, -0.25) is 0 Å². The molecule has 150 valence electrons. The number of ether oxygens (including phenoxy) is 1. The molecule has 1 aromatic carbocycles. The van der Waals surface area contributed by atoms with Crippen LogP contribution in [0.1, 0.15) is 43.7 Å². The molecule has 2 saturated heterocycles. The fraction of sp³-hybridized carbons (Fsp3) is 0.500. The number of piperidine rings is 1. The standard InChI is InChI=1S/C20H24Cl2N4O2/c1-11-17(12-4-3-5-13(21)16(12)22)25-18(14-10-15(27)28-14)19(24-11)26-8-6-20(2,23)7-9-26/h3-5,14-15,27H,6-10,23H2,1-2H3. The van der Waals surface area contributed by atoms with Crippen molar-refractivity contribution >= 4 is 29.0 Å². The van der Waals surface area contributed by atoms with Crippen LogP contribution in [0.3, 0.4) is 0 Å². The van der Waals surface area contributed by atoms with Crippen molar-refractivity contribution in [3.63, 3.8) is 0 Å². The second-order valence-corrected chi connectivity index (χ2v) is 8.71. The van der Waals surface area contributed by atoms with Crippen molar-refractivity contribution in [3.05, 3.63) is 39.6 Å². The van der Waals surface area contributed by atoms with Gasteiger partial charge < -0.3 is 20.5 Å². The van der Waals surface area contributed by atoms with E-state index in [0.29, 0.717) is 22.2 Å². The van der Waals surface area contributed by atoms with E-state index in [0.717, 1.165) is 48.7 Å². The molecule has 6 nitrogen and oxygen atoms in total. The van der Waals surface area contributed by atoms with Crippen molar-refractivity contribution in [1.82, 2.24) is 9.97 Å². The highest BCUT2D eigenvalue weighted by molar-refractivity contribution is 6.43. The van der Waals surface area contributed by atoms with Gasteiger partial charge in [-0.05, 0) is 32.8 Å². The fourth-order valence-electron chi connectivity index (χ4n) is 3.68. The van der Waals surface area contributed by atoms with Crippen LogP contribution in [-0.2, 0) is 4.74 Å². The van der Waals surface area contributed by atoms with Crippen molar-refractivity contribution in [3.8, 4) is 11.3 Å². The molecule has 0 spiro atoms. The zero-order valence-corrected chi connectivity index (χ0v) is 17.5. The van der Waals surface area contributed by atoms with Gasteiger partial charge in [0.1, 0.15) is 11.8 Å². The van der Waals surface area contributed by atoms with E-state index in [-0.39, 0.29) is 11.6 Å². The Hall–Kier alpha value is -1.44. The van der Waals surface area contributed by atoms with Gasteiger partial charge in [0.05, 0.1) is 21.4 Å². The molecule has 1 aromatic heterocycles. The summed E-state index contributed by atoms with van der Waals surface area (Å²) in [6.07, 6.45) is 1.20. The second kappa shape index (κ2) is 7.43. The van der Waals surface area contributed by atoms with Crippen molar-refractivity contribution in [1.29, 1.82) is 0 Å². The molecule has 4 rings (SSSR count). The molecule has 2 fully saturated rings. The normalized spacial score (nSPS) is 24.1. The van der Waals surface area contributed by atoms with Gasteiger partial charge in [0.25, 0.3) is 0 Å². The molecule has 28 heavy (non-hydrogen) atoms. The molecule has 2 unspecified atom stereocenters. The largest absolute Gasteiger partial charge is 0.368 e. The fourth-order valence-corrected chi connectivity index (χ4v) is 4.07. The zero-order valence-electron chi connectivity index (χ0n) is 16.0. The Morgan fingerprint density at radius 3 is 2.57 bits per heavy atom. The van der Waals surface area contributed by atoms with Crippen molar-refractivity contribution < 1.29 is 9.84 Å². The lowest BCUT2D eigenvalue weighted by Gasteiger charge is -2.40. The molecule has 0 bridgehead atoms. The van der Waals surface area contributed by atoms with Crippen LogP contribution in [0.15, 0.2) is 18.2 Å². The SMILES string of the molecule is Cc1nc(N2CCC(C)(N)CC2)c(C2CC(O)O2)nc1-c1cccc(Cl)c1Cl. The summed E-state index contributed by atoms with van der Waals surface area (Å²) in [6.45, 7) is 5.61. The first kappa shape index (κ1) is 19.9. The molecule has 0 radical (unpaired) electrons. The molecule has 0 saturated carbocycles. The van der Waals surface area contributed by atoms with Gasteiger partial charge in [-0.15, -0.1) is 0 Å². The van der Waals surface area contributed by atoms with Crippen molar-refractivity contribution in [2.75, 3.05) is 18.0 Å². The molecule has 2 aromatic rings. The van der Waals surface area contributed by atoms with Gasteiger partial charge in [0.2, 0.25) is 0 Å². The number of anilines is 1. The van der Waals surface area contributed by atoms with E-state index in [2.05, 4.69) is 11.8 Å². The Bertz CT molecular complexity index is 890. The third-order valence-electron chi connectivity index (χ3n) is 5.53. The summed E-state index contributed by atoms with van der Waals surface area (Å²) < 4.78 is 5.52. The van der Waals surface area contributed by atoms with Crippen LogP contribution >= 0.6 is 23.2 Å². The number of aryl methyl sites for hydroxylation is 1. The zero-order chi connectivity index (χ0) is 20.1. The van der Waals surface area contributed by atoms with Crippen LogP contribution in [0.2, 0.25) is 10.0 Å². The first-order valence-electron chi connectivity index (χ1n) is 9.45. The quantitative estimate of drug-likeness (QED) is 0.780. The second-order valence-electron chi connectivity index (χ2n) is 7.92. The predicted octanol–water partition coefficient (Wildman–Crippen LogP) is 3.86. The minimum absolute atomic E-state index is 0.156. The molecule has 0 amide bonds. The molecule has 0 aliphatic carbocycles. The average Bonchev–Trinajstić information content (AvgIpc) is 2.62. The molecule has 2 atom stereocenters. The van der Waals surface area contributed by atoms with E-state index in [1.807, 2.05) is 19.1 Å². The molecule has 2 aliphatic rings. The molecule has 3 heterocycles. The number of benzene rings is 1. The smallest absolute Gasteiger partial charge is 0.158 e. The first-order valence-corrected chi connectivity index (χ1v) is 10.2. The summed E-state index contributed by atoms with van der Waals surface area (Å²) in [5.74, 6) is 0.798. The van der Waals surface area contributed by atoms with Gasteiger partial charge >= 0.3 is 0 Å². The summed E-state index contributed by atoms with van der Waals surface area (Å²) in [4.78, 5) is 12.0. The summed E-state index contributed by atoms with van der Waals surface area (Å²) in [7, 11) is 0. The molecule has 8 heteroatoms. The maximum atomic E-state index is 9.63.